The zero-order chi connectivity index (χ0) is 19.5. The van der Waals surface area contributed by atoms with E-state index in [4.69, 9.17) is 0 Å². The number of anilines is 2. The van der Waals surface area contributed by atoms with E-state index in [1.807, 2.05) is 29.2 Å². The molecule has 6 heteroatoms. The topological polar surface area (TPSA) is 78.5 Å². The van der Waals surface area contributed by atoms with Gasteiger partial charge in [0.1, 0.15) is 11.4 Å². The van der Waals surface area contributed by atoms with Crippen LogP contribution in [0.25, 0.3) is 0 Å². The van der Waals surface area contributed by atoms with Crippen LogP contribution in [0.3, 0.4) is 0 Å². The lowest BCUT2D eigenvalue weighted by Gasteiger charge is -2.25. The first-order valence-corrected chi connectivity index (χ1v) is 10.4. The van der Waals surface area contributed by atoms with Crippen LogP contribution in [0, 0.1) is 0 Å². The van der Waals surface area contributed by atoms with Crippen LogP contribution in [0.15, 0.2) is 33.9 Å². The molecule has 2 fully saturated rings. The van der Waals surface area contributed by atoms with Crippen molar-refractivity contribution < 1.29 is 4.79 Å². The third-order valence-corrected chi connectivity index (χ3v) is 5.93. The van der Waals surface area contributed by atoms with Crippen LogP contribution in [-0.4, -0.2) is 29.9 Å². The van der Waals surface area contributed by atoms with Gasteiger partial charge >= 0.3 is 0 Å². The second kappa shape index (κ2) is 8.17. The molecule has 1 aliphatic heterocycles. The van der Waals surface area contributed by atoms with E-state index < -0.39 is 10.9 Å². The van der Waals surface area contributed by atoms with E-state index in [2.05, 4.69) is 10.6 Å². The summed E-state index contributed by atoms with van der Waals surface area (Å²) in [6.07, 6.45) is 7.82. The number of carbonyl (C=O) groups is 1. The third kappa shape index (κ3) is 3.81. The normalized spacial score (nSPS) is 17.8. The van der Waals surface area contributed by atoms with Crippen molar-refractivity contribution in [2.75, 3.05) is 23.7 Å². The molecule has 2 aromatic carbocycles. The second-order valence-corrected chi connectivity index (χ2v) is 7.94. The van der Waals surface area contributed by atoms with E-state index in [-0.39, 0.29) is 11.9 Å². The summed E-state index contributed by atoms with van der Waals surface area (Å²) in [4.78, 5) is 38.2. The Bertz CT molecular complexity index is 900. The molecular formula is C22H27N3O3. The van der Waals surface area contributed by atoms with Crippen LogP contribution in [0.1, 0.15) is 60.9 Å². The molecule has 6 nitrogen and oxygen atoms in total. The molecule has 0 radical (unpaired) electrons. The van der Waals surface area contributed by atoms with E-state index in [0.717, 1.165) is 44.3 Å². The van der Waals surface area contributed by atoms with Crippen LogP contribution in [0.4, 0.5) is 11.4 Å². The number of benzene rings is 1. The lowest BCUT2D eigenvalue weighted by Crippen LogP contribution is -2.40. The molecule has 28 heavy (non-hydrogen) atoms. The highest BCUT2D eigenvalue weighted by Crippen LogP contribution is 2.24. The minimum Gasteiger partial charge on any atom is -0.377 e. The van der Waals surface area contributed by atoms with Gasteiger partial charge in [-0.3, -0.25) is 14.4 Å². The zero-order valence-electron chi connectivity index (χ0n) is 16.1. The van der Waals surface area contributed by atoms with Crippen molar-refractivity contribution >= 4 is 17.3 Å². The maximum Gasteiger partial charge on any atom is 0.253 e. The maximum absolute atomic E-state index is 12.4. The Morgan fingerprint density at radius 3 is 2.21 bits per heavy atom. The SMILES string of the molecule is O=C(c1ccc(CNc2c(NC3CCCCC3)c(=O)c2=O)cc1)N1CCCC1. The van der Waals surface area contributed by atoms with Crippen LogP contribution >= 0.6 is 0 Å². The summed E-state index contributed by atoms with van der Waals surface area (Å²) in [6.45, 7) is 2.12. The Labute approximate surface area is 164 Å². The smallest absolute Gasteiger partial charge is 0.253 e. The minimum absolute atomic E-state index is 0.0819. The van der Waals surface area contributed by atoms with Crippen molar-refractivity contribution in [3.8, 4) is 0 Å². The Kier molecular flexibility index (Phi) is 5.46. The monoisotopic (exact) mass is 381 g/mol. The van der Waals surface area contributed by atoms with Gasteiger partial charge in [0.15, 0.2) is 0 Å². The molecule has 1 saturated heterocycles. The molecule has 148 valence electrons. The Balaban J connectivity index is 1.37. The van der Waals surface area contributed by atoms with Gasteiger partial charge in [0, 0.05) is 31.2 Å². The average Bonchev–Trinajstić information content (AvgIpc) is 3.28. The summed E-state index contributed by atoms with van der Waals surface area (Å²) in [7, 11) is 0. The van der Waals surface area contributed by atoms with E-state index in [1.54, 1.807) is 0 Å². The van der Waals surface area contributed by atoms with Gasteiger partial charge in [0.25, 0.3) is 16.8 Å². The van der Waals surface area contributed by atoms with Gasteiger partial charge in [-0.25, -0.2) is 0 Å². The Morgan fingerprint density at radius 2 is 1.54 bits per heavy atom. The van der Waals surface area contributed by atoms with E-state index in [0.29, 0.717) is 23.5 Å². The van der Waals surface area contributed by atoms with Crippen molar-refractivity contribution in [2.24, 2.45) is 0 Å². The first-order valence-electron chi connectivity index (χ1n) is 10.4. The summed E-state index contributed by atoms with van der Waals surface area (Å²) in [5.41, 5.74) is 1.64. The van der Waals surface area contributed by atoms with Gasteiger partial charge in [-0.1, -0.05) is 31.4 Å². The Morgan fingerprint density at radius 1 is 0.893 bits per heavy atom. The number of rotatable bonds is 6. The molecule has 1 amide bonds. The molecule has 0 unspecified atom stereocenters. The molecular weight excluding hydrogens is 354 g/mol. The molecule has 0 aromatic heterocycles. The van der Waals surface area contributed by atoms with Gasteiger partial charge in [0.2, 0.25) is 0 Å². The standard InChI is InChI=1S/C22H27N3O3/c26-20-18(19(21(20)27)24-17-6-2-1-3-7-17)23-14-15-8-10-16(11-9-15)22(28)25-12-4-5-13-25/h8-11,17,23-24H,1-7,12-14H2. The summed E-state index contributed by atoms with van der Waals surface area (Å²) >= 11 is 0. The third-order valence-electron chi connectivity index (χ3n) is 5.93. The molecule has 0 atom stereocenters. The van der Waals surface area contributed by atoms with Gasteiger partial charge in [-0.05, 0) is 43.4 Å². The van der Waals surface area contributed by atoms with Crippen molar-refractivity contribution in [3.05, 3.63) is 55.8 Å². The van der Waals surface area contributed by atoms with Crippen LogP contribution in [0.2, 0.25) is 0 Å². The van der Waals surface area contributed by atoms with E-state index in [9.17, 15) is 14.4 Å². The van der Waals surface area contributed by atoms with E-state index in [1.165, 1.54) is 19.3 Å². The maximum atomic E-state index is 12.4. The molecule has 0 spiro atoms. The number of likely N-dealkylation sites (tertiary alicyclic amines) is 1. The first kappa shape index (κ1) is 18.7. The number of nitrogens with zero attached hydrogens (tertiary/aromatic N) is 1. The molecule has 4 rings (SSSR count). The van der Waals surface area contributed by atoms with Gasteiger partial charge in [-0.15, -0.1) is 0 Å². The van der Waals surface area contributed by atoms with Gasteiger partial charge in [-0.2, -0.15) is 0 Å². The van der Waals surface area contributed by atoms with E-state index >= 15 is 0 Å². The number of hydrogen-bond acceptors (Lipinski definition) is 5. The highest BCUT2D eigenvalue weighted by molar-refractivity contribution is 5.94. The quantitative estimate of drug-likeness (QED) is 0.753. The number of hydrogen-bond donors (Lipinski definition) is 2. The fraction of sp³-hybridized carbons (Fsp3) is 0.500. The largest absolute Gasteiger partial charge is 0.377 e. The molecule has 2 aliphatic rings. The molecule has 2 N–H and O–H groups in total. The van der Waals surface area contributed by atoms with Gasteiger partial charge in [0.05, 0.1) is 0 Å². The summed E-state index contributed by atoms with van der Waals surface area (Å²) in [6, 6.07) is 7.75. The summed E-state index contributed by atoms with van der Waals surface area (Å²) in [5.74, 6) is 0.0819. The molecule has 0 bridgehead atoms. The molecule has 1 saturated carbocycles. The van der Waals surface area contributed by atoms with Gasteiger partial charge < -0.3 is 15.5 Å². The fourth-order valence-electron chi connectivity index (χ4n) is 4.21. The summed E-state index contributed by atoms with van der Waals surface area (Å²) in [5, 5.41) is 6.38. The van der Waals surface area contributed by atoms with Crippen molar-refractivity contribution in [1.29, 1.82) is 0 Å². The van der Waals surface area contributed by atoms with Crippen LogP contribution in [-0.2, 0) is 6.54 Å². The average molecular weight is 381 g/mol. The highest BCUT2D eigenvalue weighted by atomic mass is 16.2. The highest BCUT2D eigenvalue weighted by Gasteiger charge is 2.24. The predicted molar refractivity (Wildman–Crippen MR) is 111 cm³/mol. The molecule has 1 heterocycles. The number of carbonyl (C=O) groups excluding carboxylic acids is 1. The van der Waals surface area contributed by atoms with Crippen molar-refractivity contribution in [2.45, 2.75) is 57.5 Å². The Hall–Kier alpha value is -2.63. The van der Waals surface area contributed by atoms with Crippen LogP contribution < -0.4 is 21.5 Å². The van der Waals surface area contributed by atoms with Crippen LogP contribution in [0.5, 0.6) is 0 Å². The predicted octanol–water partition coefficient (Wildman–Crippen LogP) is 2.88. The fourth-order valence-corrected chi connectivity index (χ4v) is 4.21. The first-order chi connectivity index (χ1) is 13.6. The second-order valence-electron chi connectivity index (χ2n) is 7.94. The minimum atomic E-state index is -0.445. The lowest BCUT2D eigenvalue weighted by atomic mass is 9.95. The van der Waals surface area contributed by atoms with Crippen molar-refractivity contribution in [1.82, 2.24) is 4.90 Å². The number of nitrogens with one attached hydrogen (secondary N) is 2. The number of amides is 1. The molecule has 2 aromatic rings. The lowest BCUT2D eigenvalue weighted by molar-refractivity contribution is 0.0793. The van der Waals surface area contributed by atoms with Crippen molar-refractivity contribution in [3.63, 3.8) is 0 Å². The molecule has 1 aliphatic carbocycles. The zero-order valence-corrected chi connectivity index (χ0v) is 16.1. The summed E-state index contributed by atoms with van der Waals surface area (Å²) < 4.78 is 0.